The lowest BCUT2D eigenvalue weighted by atomic mass is 10.2. The van der Waals surface area contributed by atoms with Crippen molar-refractivity contribution in [3.05, 3.63) is 40.6 Å². The zero-order valence-electron chi connectivity index (χ0n) is 14.7. The number of rotatable bonds is 8. The number of nitriles is 1. The van der Waals surface area contributed by atoms with E-state index in [9.17, 15) is 23.2 Å². The van der Waals surface area contributed by atoms with Gasteiger partial charge in [0.1, 0.15) is 11.6 Å². The summed E-state index contributed by atoms with van der Waals surface area (Å²) in [5.41, 5.74) is -1.29. The van der Waals surface area contributed by atoms with Crippen LogP contribution in [0.2, 0.25) is 5.02 Å². The molecule has 0 spiro atoms. The molecule has 0 aliphatic heterocycles. The normalized spacial score (nSPS) is 11.8. The van der Waals surface area contributed by atoms with Crippen LogP contribution in [0.4, 0.5) is 18.9 Å². The van der Waals surface area contributed by atoms with Gasteiger partial charge in [-0.25, -0.2) is 0 Å². The first-order valence-electron chi connectivity index (χ1n) is 8.27. The molecule has 1 rings (SSSR count). The van der Waals surface area contributed by atoms with Gasteiger partial charge in [-0.15, -0.1) is 0 Å². The Balaban J connectivity index is 2.99. The molecule has 1 aromatic carbocycles. The number of benzene rings is 1. The van der Waals surface area contributed by atoms with Gasteiger partial charge in [0.05, 0.1) is 10.6 Å². The van der Waals surface area contributed by atoms with Gasteiger partial charge in [-0.3, -0.25) is 4.79 Å². The molecule has 4 nitrogen and oxygen atoms in total. The summed E-state index contributed by atoms with van der Waals surface area (Å²) in [4.78, 5) is 14.1. The first-order valence-corrected chi connectivity index (χ1v) is 8.64. The fourth-order valence-electron chi connectivity index (χ4n) is 2.23. The molecule has 0 aliphatic carbocycles. The highest BCUT2D eigenvalue weighted by Crippen LogP contribution is 2.36. The summed E-state index contributed by atoms with van der Waals surface area (Å²) in [5.74, 6) is -0.763. The van der Waals surface area contributed by atoms with Crippen LogP contribution in [0.5, 0.6) is 0 Å². The van der Waals surface area contributed by atoms with E-state index in [-0.39, 0.29) is 11.3 Å². The van der Waals surface area contributed by atoms with Gasteiger partial charge in [-0.1, -0.05) is 31.9 Å². The smallest absolute Gasteiger partial charge is 0.376 e. The number of nitrogens with one attached hydrogen (secondary N) is 1. The Labute approximate surface area is 156 Å². The molecule has 1 aromatic rings. The molecule has 0 radical (unpaired) electrons. The number of halogens is 4. The van der Waals surface area contributed by atoms with E-state index in [0.717, 1.165) is 31.4 Å². The van der Waals surface area contributed by atoms with Gasteiger partial charge in [-0.2, -0.15) is 18.4 Å². The summed E-state index contributed by atoms with van der Waals surface area (Å²) in [7, 11) is 0. The Hall–Kier alpha value is -2.20. The topological polar surface area (TPSA) is 56.1 Å². The van der Waals surface area contributed by atoms with Crippen molar-refractivity contribution in [2.45, 2.75) is 39.3 Å². The third-order valence-electron chi connectivity index (χ3n) is 3.52. The third-order valence-corrected chi connectivity index (χ3v) is 3.85. The lowest BCUT2D eigenvalue weighted by Crippen LogP contribution is -2.23. The summed E-state index contributed by atoms with van der Waals surface area (Å²) < 4.78 is 38.7. The number of unbranched alkanes of at least 4 members (excludes halogenated alkanes) is 1. The molecule has 0 aromatic heterocycles. The molecule has 26 heavy (non-hydrogen) atoms. The largest absolute Gasteiger partial charge is 0.417 e. The maximum atomic E-state index is 12.9. The molecular formula is C18H21ClF3N3O. The van der Waals surface area contributed by atoms with Crippen LogP contribution in [0.3, 0.4) is 0 Å². The summed E-state index contributed by atoms with van der Waals surface area (Å²) in [5, 5.41) is 11.1. The van der Waals surface area contributed by atoms with Crippen LogP contribution < -0.4 is 5.32 Å². The maximum absolute atomic E-state index is 12.9. The van der Waals surface area contributed by atoms with Crippen molar-refractivity contribution in [2.24, 2.45) is 0 Å². The predicted octanol–water partition coefficient (Wildman–Crippen LogP) is 5.22. The lowest BCUT2D eigenvalue weighted by Gasteiger charge is -2.19. The zero-order chi connectivity index (χ0) is 19.7. The number of amides is 1. The summed E-state index contributed by atoms with van der Waals surface area (Å²) in [6.45, 7) is 5.38. The van der Waals surface area contributed by atoms with E-state index in [1.165, 1.54) is 12.3 Å². The molecule has 1 N–H and O–H groups in total. The van der Waals surface area contributed by atoms with E-state index >= 15 is 0 Å². The molecule has 0 fully saturated rings. The average molecular weight is 388 g/mol. The first-order chi connectivity index (χ1) is 12.2. The van der Waals surface area contributed by atoms with Crippen molar-refractivity contribution in [3.8, 4) is 6.07 Å². The van der Waals surface area contributed by atoms with E-state index in [1.807, 2.05) is 18.7 Å². The van der Waals surface area contributed by atoms with Gasteiger partial charge in [0, 0.05) is 25.0 Å². The maximum Gasteiger partial charge on any atom is 0.417 e. The second-order valence-corrected chi connectivity index (χ2v) is 6.10. The Bertz CT molecular complexity index is 696. The predicted molar refractivity (Wildman–Crippen MR) is 95.6 cm³/mol. The van der Waals surface area contributed by atoms with Crippen LogP contribution in [0.1, 0.15) is 38.7 Å². The van der Waals surface area contributed by atoms with Gasteiger partial charge < -0.3 is 10.2 Å². The highest BCUT2D eigenvalue weighted by Gasteiger charge is 2.33. The van der Waals surface area contributed by atoms with Gasteiger partial charge in [0.25, 0.3) is 5.91 Å². The quantitative estimate of drug-likeness (QED) is 0.491. The van der Waals surface area contributed by atoms with Gasteiger partial charge in [0.15, 0.2) is 0 Å². The van der Waals surface area contributed by atoms with Crippen molar-refractivity contribution in [3.63, 3.8) is 0 Å². The number of nitrogens with zero attached hydrogens (tertiary/aromatic N) is 2. The van der Waals surface area contributed by atoms with Crippen molar-refractivity contribution in [2.75, 3.05) is 18.4 Å². The molecule has 0 saturated heterocycles. The fraction of sp³-hybridized carbons (Fsp3) is 0.444. The Kier molecular flexibility index (Phi) is 8.46. The Morgan fingerprint density at radius 2 is 2.00 bits per heavy atom. The number of hydrogen-bond donors (Lipinski definition) is 1. The second kappa shape index (κ2) is 10.1. The minimum atomic E-state index is -4.64. The van der Waals surface area contributed by atoms with Crippen molar-refractivity contribution >= 4 is 23.2 Å². The molecule has 0 bridgehead atoms. The number of hydrogen-bond acceptors (Lipinski definition) is 3. The molecule has 0 saturated carbocycles. The molecule has 0 atom stereocenters. The van der Waals surface area contributed by atoms with E-state index in [2.05, 4.69) is 5.32 Å². The van der Waals surface area contributed by atoms with Crippen LogP contribution in [-0.4, -0.2) is 23.9 Å². The van der Waals surface area contributed by atoms with E-state index in [0.29, 0.717) is 13.1 Å². The Morgan fingerprint density at radius 1 is 1.31 bits per heavy atom. The van der Waals surface area contributed by atoms with Crippen LogP contribution in [0, 0.1) is 11.3 Å². The number of carbonyl (C=O) groups is 1. The number of alkyl halides is 3. The standard InChI is InChI=1S/C18H21ClF3N3O/c1-3-5-9-25(8-4-2)12-13(11-23)17(26)24-14-6-7-16(19)15(10-14)18(20,21)22/h6-7,10,12H,3-5,8-9H2,1-2H3,(H,24,26)/b13-12-. The van der Waals surface area contributed by atoms with Crippen LogP contribution in [-0.2, 0) is 11.0 Å². The SMILES string of the molecule is CCCCN(/C=C(/C#N)C(=O)Nc1ccc(Cl)c(C(F)(F)F)c1)CCC. The fourth-order valence-corrected chi connectivity index (χ4v) is 2.45. The third kappa shape index (κ3) is 6.60. The lowest BCUT2D eigenvalue weighted by molar-refractivity contribution is -0.137. The van der Waals surface area contributed by atoms with Crippen LogP contribution >= 0.6 is 11.6 Å². The summed E-state index contributed by atoms with van der Waals surface area (Å²) in [6, 6.07) is 4.86. The van der Waals surface area contributed by atoms with Gasteiger partial charge in [-0.05, 0) is 31.0 Å². The summed E-state index contributed by atoms with van der Waals surface area (Å²) >= 11 is 5.56. The van der Waals surface area contributed by atoms with Gasteiger partial charge >= 0.3 is 6.18 Å². The highest BCUT2D eigenvalue weighted by molar-refractivity contribution is 6.31. The first kappa shape index (κ1) is 21.8. The number of carbonyl (C=O) groups excluding carboxylic acids is 1. The second-order valence-electron chi connectivity index (χ2n) is 5.69. The molecule has 0 unspecified atom stereocenters. The van der Waals surface area contributed by atoms with E-state index < -0.39 is 22.7 Å². The molecule has 8 heteroatoms. The molecular weight excluding hydrogens is 367 g/mol. The van der Waals surface area contributed by atoms with Crippen molar-refractivity contribution in [1.29, 1.82) is 5.26 Å². The molecule has 142 valence electrons. The highest BCUT2D eigenvalue weighted by atomic mass is 35.5. The minimum absolute atomic E-state index is 0.0801. The minimum Gasteiger partial charge on any atom is -0.376 e. The number of anilines is 1. The van der Waals surface area contributed by atoms with Crippen molar-refractivity contribution < 1.29 is 18.0 Å². The van der Waals surface area contributed by atoms with Gasteiger partial charge in [0.2, 0.25) is 0 Å². The average Bonchev–Trinajstić information content (AvgIpc) is 2.57. The Morgan fingerprint density at radius 3 is 2.54 bits per heavy atom. The monoisotopic (exact) mass is 387 g/mol. The van der Waals surface area contributed by atoms with E-state index in [1.54, 1.807) is 6.07 Å². The zero-order valence-corrected chi connectivity index (χ0v) is 15.4. The van der Waals surface area contributed by atoms with Crippen LogP contribution in [0.15, 0.2) is 30.0 Å². The van der Waals surface area contributed by atoms with Crippen LogP contribution in [0.25, 0.3) is 0 Å². The van der Waals surface area contributed by atoms with E-state index in [4.69, 9.17) is 11.6 Å². The summed E-state index contributed by atoms with van der Waals surface area (Å²) in [6.07, 6.45) is -0.471. The molecule has 1 amide bonds. The molecule has 0 heterocycles. The molecule has 0 aliphatic rings. The van der Waals surface area contributed by atoms with Crippen molar-refractivity contribution in [1.82, 2.24) is 4.90 Å².